The zero-order chi connectivity index (χ0) is 15.2. The van der Waals surface area contributed by atoms with Gasteiger partial charge in [-0.15, -0.1) is 0 Å². The van der Waals surface area contributed by atoms with E-state index in [1.165, 1.54) is 10.8 Å². The average molecular weight is 284 g/mol. The lowest BCUT2D eigenvalue weighted by atomic mass is 10.00. The van der Waals surface area contributed by atoms with Gasteiger partial charge in [-0.3, -0.25) is 4.79 Å². The molecule has 112 valence electrons. The molecule has 1 amide bonds. The van der Waals surface area contributed by atoms with E-state index in [0.29, 0.717) is 12.6 Å². The third kappa shape index (κ3) is 4.05. The van der Waals surface area contributed by atoms with Crippen molar-refractivity contribution in [1.82, 2.24) is 10.6 Å². The van der Waals surface area contributed by atoms with Crippen LogP contribution in [-0.2, 0) is 4.79 Å². The summed E-state index contributed by atoms with van der Waals surface area (Å²) in [6.45, 7) is 6.59. The lowest BCUT2D eigenvalue weighted by Gasteiger charge is -2.18. The topological polar surface area (TPSA) is 41.1 Å². The van der Waals surface area contributed by atoms with Crippen molar-refractivity contribution in [2.75, 3.05) is 6.54 Å². The molecule has 2 rings (SSSR count). The molecule has 0 aliphatic carbocycles. The molecule has 0 saturated heterocycles. The summed E-state index contributed by atoms with van der Waals surface area (Å²) in [7, 11) is 0. The summed E-state index contributed by atoms with van der Waals surface area (Å²) >= 11 is 0. The van der Waals surface area contributed by atoms with E-state index in [2.05, 4.69) is 48.7 Å². The van der Waals surface area contributed by atoms with E-state index in [4.69, 9.17) is 0 Å². The molecule has 2 unspecified atom stereocenters. The summed E-state index contributed by atoms with van der Waals surface area (Å²) in [6, 6.07) is 14.8. The van der Waals surface area contributed by atoms with Crippen LogP contribution in [0.2, 0.25) is 0 Å². The maximum absolute atomic E-state index is 12.0. The molecule has 2 atom stereocenters. The first-order chi connectivity index (χ1) is 10.1. The fraction of sp³-hybridized carbons (Fsp3) is 0.389. The largest absolute Gasteiger partial charge is 0.348 e. The van der Waals surface area contributed by atoms with Crippen LogP contribution >= 0.6 is 0 Å². The number of rotatable bonds is 6. The monoisotopic (exact) mass is 284 g/mol. The number of amides is 1. The summed E-state index contributed by atoms with van der Waals surface area (Å²) in [4.78, 5) is 12.0. The fourth-order valence-corrected chi connectivity index (χ4v) is 2.41. The number of hydrogen-bond donors (Lipinski definition) is 2. The molecule has 0 fully saturated rings. The van der Waals surface area contributed by atoms with E-state index in [1.54, 1.807) is 0 Å². The number of hydrogen-bond acceptors (Lipinski definition) is 2. The normalized spacial score (nSPS) is 13.9. The van der Waals surface area contributed by atoms with Gasteiger partial charge in [0.15, 0.2) is 0 Å². The molecule has 0 spiro atoms. The van der Waals surface area contributed by atoms with Crippen molar-refractivity contribution >= 4 is 16.7 Å². The second-order valence-electron chi connectivity index (χ2n) is 5.55. The zero-order valence-corrected chi connectivity index (χ0v) is 13.0. The first-order valence-electron chi connectivity index (χ1n) is 7.62. The Morgan fingerprint density at radius 1 is 1.10 bits per heavy atom. The van der Waals surface area contributed by atoms with Crippen molar-refractivity contribution in [2.24, 2.45) is 0 Å². The van der Waals surface area contributed by atoms with Gasteiger partial charge in [0.2, 0.25) is 5.91 Å². The summed E-state index contributed by atoms with van der Waals surface area (Å²) < 4.78 is 0. The molecule has 2 N–H and O–H groups in total. The van der Waals surface area contributed by atoms with Crippen LogP contribution in [0.3, 0.4) is 0 Å². The van der Waals surface area contributed by atoms with Gasteiger partial charge < -0.3 is 10.6 Å². The van der Waals surface area contributed by atoms with Gasteiger partial charge >= 0.3 is 0 Å². The summed E-state index contributed by atoms with van der Waals surface area (Å²) in [5.74, 6) is 0.0377. The van der Waals surface area contributed by atoms with E-state index >= 15 is 0 Å². The van der Waals surface area contributed by atoms with Crippen molar-refractivity contribution in [3.05, 3.63) is 48.0 Å². The minimum absolute atomic E-state index is 0.00216. The van der Waals surface area contributed by atoms with Crippen molar-refractivity contribution < 1.29 is 4.79 Å². The maximum Gasteiger partial charge on any atom is 0.234 e. The quantitative estimate of drug-likeness (QED) is 0.853. The number of carbonyl (C=O) groups is 1. The van der Waals surface area contributed by atoms with E-state index in [9.17, 15) is 4.79 Å². The van der Waals surface area contributed by atoms with Crippen LogP contribution in [-0.4, -0.2) is 18.5 Å². The minimum atomic E-state index is 0.00216. The SMILES string of the molecule is CCC(C)NCC(=O)NC(C)c1cccc2ccccc12. The van der Waals surface area contributed by atoms with Crippen LogP contribution in [0.1, 0.15) is 38.8 Å². The molecule has 0 aliphatic heterocycles. The lowest BCUT2D eigenvalue weighted by Crippen LogP contribution is -2.38. The molecular formula is C18H24N2O. The Labute approximate surface area is 126 Å². The molecule has 3 nitrogen and oxygen atoms in total. The van der Waals surface area contributed by atoms with Gasteiger partial charge in [0.1, 0.15) is 0 Å². The Balaban J connectivity index is 2.05. The van der Waals surface area contributed by atoms with Crippen LogP contribution in [0.5, 0.6) is 0 Å². The molecule has 0 radical (unpaired) electrons. The molecule has 0 aromatic heterocycles. The Morgan fingerprint density at radius 2 is 1.81 bits per heavy atom. The highest BCUT2D eigenvalue weighted by molar-refractivity contribution is 5.87. The second kappa shape index (κ2) is 7.23. The number of carbonyl (C=O) groups excluding carboxylic acids is 1. The second-order valence-corrected chi connectivity index (χ2v) is 5.55. The first kappa shape index (κ1) is 15.5. The predicted molar refractivity (Wildman–Crippen MR) is 88.3 cm³/mol. The molecule has 21 heavy (non-hydrogen) atoms. The Hall–Kier alpha value is -1.87. The van der Waals surface area contributed by atoms with Gasteiger partial charge in [0, 0.05) is 6.04 Å². The highest BCUT2D eigenvalue weighted by Gasteiger charge is 2.12. The summed E-state index contributed by atoms with van der Waals surface area (Å²) in [5, 5.41) is 8.68. The number of benzene rings is 2. The Kier molecular flexibility index (Phi) is 5.34. The third-order valence-corrected chi connectivity index (χ3v) is 3.89. The third-order valence-electron chi connectivity index (χ3n) is 3.89. The maximum atomic E-state index is 12.0. The van der Waals surface area contributed by atoms with Crippen LogP contribution < -0.4 is 10.6 Å². The van der Waals surface area contributed by atoms with Gasteiger partial charge in [-0.25, -0.2) is 0 Å². The molecule has 2 aromatic carbocycles. The zero-order valence-electron chi connectivity index (χ0n) is 13.0. The summed E-state index contributed by atoms with van der Waals surface area (Å²) in [5.41, 5.74) is 1.16. The van der Waals surface area contributed by atoms with Crippen LogP contribution in [0, 0.1) is 0 Å². The van der Waals surface area contributed by atoms with Crippen LogP contribution in [0.4, 0.5) is 0 Å². The van der Waals surface area contributed by atoms with E-state index in [0.717, 1.165) is 12.0 Å². The van der Waals surface area contributed by atoms with Gasteiger partial charge in [-0.05, 0) is 36.6 Å². The van der Waals surface area contributed by atoms with Gasteiger partial charge in [-0.1, -0.05) is 49.4 Å². The van der Waals surface area contributed by atoms with Crippen molar-refractivity contribution in [1.29, 1.82) is 0 Å². The molecule has 0 bridgehead atoms. The van der Waals surface area contributed by atoms with Gasteiger partial charge in [0.25, 0.3) is 0 Å². The smallest absolute Gasteiger partial charge is 0.234 e. The van der Waals surface area contributed by atoms with Crippen LogP contribution in [0.25, 0.3) is 10.8 Å². The molecule has 0 heterocycles. The van der Waals surface area contributed by atoms with Crippen molar-refractivity contribution in [3.63, 3.8) is 0 Å². The molecule has 2 aromatic rings. The predicted octanol–water partition coefficient (Wildman–Crippen LogP) is 3.41. The highest BCUT2D eigenvalue weighted by Crippen LogP contribution is 2.23. The first-order valence-corrected chi connectivity index (χ1v) is 7.62. The van der Waals surface area contributed by atoms with E-state index in [1.807, 2.05) is 25.1 Å². The molecule has 0 aliphatic rings. The minimum Gasteiger partial charge on any atom is -0.348 e. The van der Waals surface area contributed by atoms with Crippen molar-refractivity contribution in [3.8, 4) is 0 Å². The molecule has 0 saturated carbocycles. The fourth-order valence-electron chi connectivity index (χ4n) is 2.41. The summed E-state index contributed by atoms with van der Waals surface area (Å²) in [6.07, 6.45) is 1.02. The standard InChI is InChI=1S/C18H24N2O/c1-4-13(2)19-12-18(21)20-14(3)16-11-7-9-15-8-5-6-10-17(15)16/h5-11,13-14,19H,4,12H2,1-3H3,(H,20,21). The van der Waals surface area contributed by atoms with Gasteiger partial charge in [0.05, 0.1) is 12.6 Å². The highest BCUT2D eigenvalue weighted by atomic mass is 16.1. The number of nitrogens with one attached hydrogen (secondary N) is 2. The number of fused-ring (bicyclic) bond motifs is 1. The Morgan fingerprint density at radius 3 is 2.57 bits per heavy atom. The molecule has 3 heteroatoms. The Bertz CT molecular complexity index is 604. The van der Waals surface area contributed by atoms with E-state index < -0.39 is 0 Å². The van der Waals surface area contributed by atoms with Crippen molar-refractivity contribution in [2.45, 2.75) is 39.3 Å². The van der Waals surface area contributed by atoms with Crippen LogP contribution in [0.15, 0.2) is 42.5 Å². The average Bonchev–Trinajstić information content (AvgIpc) is 2.51. The van der Waals surface area contributed by atoms with E-state index in [-0.39, 0.29) is 11.9 Å². The van der Waals surface area contributed by atoms with Gasteiger partial charge in [-0.2, -0.15) is 0 Å². The lowest BCUT2D eigenvalue weighted by molar-refractivity contribution is -0.121. The molecular weight excluding hydrogens is 260 g/mol.